The fraction of sp³-hybridized carbons (Fsp3) is 0.643. The van der Waals surface area contributed by atoms with Crippen LogP contribution < -0.4 is 20.1 Å². The summed E-state index contributed by atoms with van der Waals surface area (Å²) < 4.78 is 11.3. The summed E-state index contributed by atoms with van der Waals surface area (Å²) in [7, 11) is 0. The van der Waals surface area contributed by atoms with E-state index in [4.69, 9.17) is 9.47 Å². The minimum Gasteiger partial charge on any atom is -0.490 e. The summed E-state index contributed by atoms with van der Waals surface area (Å²) in [5, 5.41) is 15.9. The van der Waals surface area contributed by atoms with E-state index in [0.717, 1.165) is 41.2 Å². The van der Waals surface area contributed by atoms with Gasteiger partial charge in [-0.1, -0.05) is 6.07 Å². The van der Waals surface area contributed by atoms with Crippen LogP contribution in [0.4, 0.5) is 0 Å². The van der Waals surface area contributed by atoms with Gasteiger partial charge in [0.25, 0.3) is 5.91 Å². The second-order valence-corrected chi connectivity index (χ2v) is 10.5. The smallest absolute Gasteiger partial charge is 0.263 e. The highest BCUT2D eigenvalue weighted by atomic mass is 16.5. The number of benzene rings is 1. The van der Waals surface area contributed by atoms with E-state index in [0.29, 0.717) is 19.8 Å². The van der Waals surface area contributed by atoms with Gasteiger partial charge in [-0.25, -0.2) is 0 Å². The normalized spacial score (nSPS) is 28.2. The van der Waals surface area contributed by atoms with Crippen molar-refractivity contribution in [3.8, 4) is 17.6 Å². The second-order valence-electron chi connectivity index (χ2n) is 10.5. The van der Waals surface area contributed by atoms with E-state index in [1.165, 1.54) is 38.5 Å². The Hall–Kier alpha value is -2.68. The Balaban J connectivity index is 1.30. The maximum absolute atomic E-state index is 12.9. The van der Waals surface area contributed by atoms with E-state index >= 15 is 0 Å². The van der Waals surface area contributed by atoms with Crippen LogP contribution >= 0.6 is 0 Å². The quantitative estimate of drug-likeness (QED) is 0.280. The largest absolute Gasteiger partial charge is 0.490 e. The van der Waals surface area contributed by atoms with Gasteiger partial charge >= 0.3 is 0 Å². The first kappa shape index (κ1) is 24.4. The Kier molecular flexibility index (Phi) is 7.70. The minimum absolute atomic E-state index is 0.103. The lowest BCUT2D eigenvalue weighted by Crippen LogP contribution is -2.56. The lowest BCUT2D eigenvalue weighted by atomic mass is 9.48. The van der Waals surface area contributed by atoms with Crippen LogP contribution in [0, 0.1) is 34.5 Å². The van der Waals surface area contributed by atoms with Crippen LogP contribution in [0.15, 0.2) is 30.0 Å². The maximum Gasteiger partial charge on any atom is 0.263 e. The van der Waals surface area contributed by atoms with E-state index in [1.54, 1.807) is 6.20 Å². The van der Waals surface area contributed by atoms with Crippen molar-refractivity contribution in [1.82, 2.24) is 10.6 Å². The topological polar surface area (TPSA) is 83.4 Å². The SMILES string of the molecule is CCOc1ccc(CCN/C=C(/C#N)C(=O)NC(C)C23CC4CC(CC(C4)C2)C3)cc1OCC. The molecule has 5 rings (SSSR count). The molecule has 4 saturated carbocycles. The van der Waals surface area contributed by atoms with Crippen LogP contribution in [0.3, 0.4) is 0 Å². The average molecular weight is 466 g/mol. The highest BCUT2D eigenvalue weighted by molar-refractivity contribution is 5.97. The van der Waals surface area contributed by atoms with Gasteiger partial charge in [0, 0.05) is 18.8 Å². The molecule has 2 N–H and O–H groups in total. The summed E-state index contributed by atoms with van der Waals surface area (Å²) in [6.07, 6.45) is 10.1. The van der Waals surface area contributed by atoms with Crippen molar-refractivity contribution in [3.05, 3.63) is 35.5 Å². The summed E-state index contributed by atoms with van der Waals surface area (Å²) >= 11 is 0. The molecule has 1 amide bonds. The molecule has 4 fully saturated rings. The molecular weight excluding hydrogens is 426 g/mol. The van der Waals surface area contributed by atoms with Crippen molar-refractivity contribution in [1.29, 1.82) is 5.26 Å². The zero-order chi connectivity index (χ0) is 24.1. The predicted octanol–water partition coefficient (Wildman–Crippen LogP) is 4.74. The zero-order valence-electron chi connectivity index (χ0n) is 20.9. The van der Waals surface area contributed by atoms with Crippen molar-refractivity contribution in [2.75, 3.05) is 19.8 Å². The maximum atomic E-state index is 12.9. The molecule has 184 valence electrons. The van der Waals surface area contributed by atoms with E-state index < -0.39 is 0 Å². The first-order valence-electron chi connectivity index (χ1n) is 13.0. The van der Waals surface area contributed by atoms with Gasteiger partial charge in [-0.2, -0.15) is 5.26 Å². The third-order valence-electron chi connectivity index (χ3n) is 8.13. The minimum atomic E-state index is -0.266. The van der Waals surface area contributed by atoms with Crippen LogP contribution in [0.25, 0.3) is 0 Å². The number of hydrogen-bond acceptors (Lipinski definition) is 5. The van der Waals surface area contributed by atoms with Crippen molar-refractivity contribution in [2.24, 2.45) is 23.2 Å². The molecule has 1 atom stereocenters. The Labute approximate surface area is 204 Å². The number of ether oxygens (including phenoxy) is 2. The van der Waals surface area contributed by atoms with E-state index in [2.05, 4.69) is 23.6 Å². The summed E-state index contributed by atoms with van der Waals surface area (Å²) in [5.41, 5.74) is 1.47. The number of rotatable bonds is 11. The summed E-state index contributed by atoms with van der Waals surface area (Å²) in [6.45, 7) is 7.83. The van der Waals surface area contributed by atoms with Gasteiger partial charge in [-0.3, -0.25) is 4.79 Å². The first-order valence-corrected chi connectivity index (χ1v) is 13.0. The molecule has 0 radical (unpaired) electrons. The van der Waals surface area contributed by atoms with Crippen molar-refractivity contribution in [3.63, 3.8) is 0 Å². The molecular formula is C28H39N3O3. The summed E-state index contributed by atoms with van der Waals surface area (Å²) in [6, 6.07) is 8.12. The van der Waals surface area contributed by atoms with E-state index in [9.17, 15) is 10.1 Å². The third kappa shape index (κ3) is 5.35. The molecule has 34 heavy (non-hydrogen) atoms. The second kappa shape index (κ2) is 10.7. The zero-order valence-corrected chi connectivity index (χ0v) is 20.9. The number of carbonyl (C=O) groups excluding carboxylic acids is 1. The molecule has 0 heterocycles. The Morgan fingerprint density at radius 2 is 1.74 bits per heavy atom. The fourth-order valence-electron chi connectivity index (χ4n) is 6.93. The Morgan fingerprint density at radius 3 is 2.32 bits per heavy atom. The number of hydrogen-bond donors (Lipinski definition) is 2. The van der Waals surface area contributed by atoms with Gasteiger partial charge in [0.15, 0.2) is 11.5 Å². The van der Waals surface area contributed by atoms with Crippen LogP contribution in [-0.2, 0) is 11.2 Å². The number of nitrogens with zero attached hydrogens (tertiary/aromatic N) is 1. The predicted molar refractivity (Wildman–Crippen MR) is 132 cm³/mol. The highest BCUT2D eigenvalue weighted by Crippen LogP contribution is 2.61. The molecule has 4 aliphatic rings. The standard InChI is InChI=1S/C28H39N3O3/c1-4-33-25-7-6-20(13-26(25)34-5-2)8-9-30-18-24(17-29)27(32)31-19(3)28-14-21-10-22(15-28)12-23(11-21)16-28/h6-7,13,18-19,21-23,30H,4-5,8-12,14-16H2,1-3H3,(H,31,32)/b24-18-. The number of nitrogens with one attached hydrogen (secondary N) is 2. The van der Waals surface area contributed by atoms with E-state index in [1.807, 2.05) is 32.0 Å². The van der Waals surface area contributed by atoms with Crippen molar-refractivity contribution < 1.29 is 14.3 Å². The third-order valence-corrected chi connectivity index (χ3v) is 8.13. The Bertz CT molecular complexity index is 913. The lowest BCUT2D eigenvalue weighted by molar-refractivity contribution is -0.122. The average Bonchev–Trinajstić information content (AvgIpc) is 2.80. The van der Waals surface area contributed by atoms with E-state index in [-0.39, 0.29) is 22.9 Å². The van der Waals surface area contributed by atoms with Crippen molar-refractivity contribution in [2.45, 2.75) is 71.8 Å². The van der Waals surface area contributed by atoms with Crippen molar-refractivity contribution >= 4 is 5.91 Å². The van der Waals surface area contributed by atoms with Crippen LogP contribution in [-0.4, -0.2) is 31.7 Å². The molecule has 0 aliphatic heterocycles. The van der Waals surface area contributed by atoms with Gasteiger partial charge in [-0.05, 0) is 107 Å². The lowest BCUT2D eigenvalue weighted by Gasteiger charge is -2.59. The van der Waals surface area contributed by atoms with Gasteiger partial charge in [-0.15, -0.1) is 0 Å². The van der Waals surface area contributed by atoms with Crippen LogP contribution in [0.1, 0.15) is 64.9 Å². The number of nitriles is 1. The Morgan fingerprint density at radius 1 is 1.12 bits per heavy atom. The molecule has 4 aliphatic carbocycles. The van der Waals surface area contributed by atoms with Gasteiger partial charge in [0.1, 0.15) is 11.6 Å². The fourth-order valence-corrected chi connectivity index (χ4v) is 6.93. The molecule has 6 heteroatoms. The molecule has 0 spiro atoms. The van der Waals surface area contributed by atoms with Gasteiger partial charge < -0.3 is 20.1 Å². The van der Waals surface area contributed by atoms with Crippen LogP contribution in [0.2, 0.25) is 0 Å². The molecule has 0 aromatic heterocycles. The number of amides is 1. The number of carbonyl (C=O) groups is 1. The molecule has 4 bridgehead atoms. The summed E-state index contributed by atoms with van der Waals surface area (Å²) in [4.78, 5) is 12.9. The first-order chi connectivity index (χ1) is 16.5. The summed E-state index contributed by atoms with van der Waals surface area (Å²) in [5.74, 6) is 3.74. The molecule has 1 unspecified atom stereocenters. The van der Waals surface area contributed by atoms with Crippen LogP contribution in [0.5, 0.6) is 11.5 Å². The monoisotopic (exact) mass is 465 g/mol. The molecule has 1 aromatic carbocycles. The molecule has 0 saturated heterocycles. The highest BCUT2D eigenvalue weighted by Gasteiger charge is 2.53. The van der Waals surface area contributed by atoms with Gasteiger partial charge in [0.2, 0.25) is 0 Å². The molecule has 1 aromatic rings. The molecule has 6 nitrogen and oxygen atoms in total. The van der Waals surface area contributed by atoms with Gasteiger partial charge in [0.05, 0.1) is 13.2 Å².